The van der Waals surface area contributed by atoms with E-state index in [0.717, 1.165) is 0 Å². The topological polar surface area (TPSA) is 0 Å². The summed E-state index contributed by atoms with van der Waals surface area (Å²) in [6.45, 7) is 14.7. The maximum absolute atomic E-state index is 2.57. The molecule has 0 unspecified atom stereocenters. The van der Waals surface area contributed by atoms with E-state index in [4.69, 9.17) is 0 Å². The first-order valence-electron chi connectivity index (χ1n) is 15.8. The van der Waals surface area contributed by atoms with Crippen LogP contribution in [0.1, 0.15) is 74.9 Å². The second kappa shape index (κ2) is 7.20. The van der Waals surface area contributed by atoms with Crippen LogP contribution >= 0.6 is 0 Å². The van der Waals surface area contributed by atoms with Gasteiger partial charge in [-0.25, -0.2) is 0 Å². The molecule has 0 saturated carbocycles. The number of hydrogen-bond acceptors (Lipinski definition) is 0. The van der Waals surface area contributed by atoms with Crippen LogP contribution < -0.4 is 0 Å². The molecule has 0 saturated heterocycles. The summed E-state index contributed by atoms with van der Waals surface area (Å²) >= 11 is 0. The molecule has 0 aromatic heterocycles. The summed E-state index contributed by atoms with van der Waals surface area (Å²) < 4.78 is 0. The van der Waals surface area contributed by atoms with Crippen LogP contribution in [-0.4, -0.2) is 0 Å². The lowest BCUT2D eigenvalue weighted by Gasteiger charge is -2.37. The summed E-state index contributed by atoms with van der Waals surface area (Å²) in [6, 6.07) is 37.5. The van der Waals surface area contributed by atoms with Crippen molar-refractivity contribution >= 4 is 32.3 Å². The Morgan fingerprint density at radius 3 is 1.63 bits per heavy atom. The molecule has 3 aliphatic rings. The molecule has 0 amide bonds. The first-order chi connectivity index (χ1) is 20.6. The second-order valence-electron chi connectivity index (χ2n) is 14.9. The molecule has 0 bridgehead atoms. The predicted octanol–water partition coefficient (Wildman–Crippen LogP) is 11.5. The van der Waals surface area contributed by atoms with E-state index in [9.17, 15) is 0 Å². The maximum atomic E-state index is 2.57. The average Bonchev–Trinajstić information content (AvgIpc) is 3.39. The van der Waals surface area contributed by atoms with Gasteiger partial charge >= 0.3 is 0 Å². The van der Waals surface area contributed by atoms with Crippen molar-refractivity contribution in [3.63, 3.8) is 0 Å². The molecule has 7 aromatic rings. The highest BCUT2D eigenvalue weighted by atomic mass is 14.5. The van der Waals surface area contributed by atoms with E-state index >= 15 is 0 Å². The second-order valence-corrected chi connectivity index (χ2v) is 14.9. The predicted molar refractivity (Wildman–Crippen MR) is 183 cm³/mol. The highest BCUT2D eigenvalue weighted by molar-refractivity contribution is 6.33. The molecule has 0 spiro atoms. The zero-order chi connectivity index (χ0) is 29.2. The van der Waals surface area contributed by atoms with Crippen molar-refractivity contribution < 1.29 is 0 Å². The molecule has 43 heavy (non-hydrogen) atoms. The van der Waals surface area contributed by atoms with E-state index < -0.39 is 0 Å². The van der Waals surface area contributed by atoms with Crippen molar-refractivity contribution in [3.8, 4) is 33.4 Å². The number of rotatable bonds is 0. The molecule has 0 aliphatic heterocycles. The Morgan fingerprint density at radius 2 is 0.930 bits per heavy atom. The lowest BCUT2D eigenvalue weighted by Crippen LogP contribution is -2.24. The standard InChI is InChI=1S/C43H34/c1-41(2)30-16-10-7-13-24(30)26-19-20-28-36-34-23(22-33(41)35(26)36)21-29-25-14-8-11-17-31(25)42(3,4)40(29)38(34)37-27-15-9-12-18-32(27)43(5,6)39(28)37/h7-22H,1-6H3. The molecular formula is C43H34. The van der Waals surface area contributed by atoms with E-state index in [1.54, 1.807) is 0 Å². The summed E-state index contributed by atoms with van der Waals surface area (Å²) in [5.74, 6) is 0. The average molecular weight is 551 g/mol. The van der Waals surface area contributed by atoms with Crippen LogP contribution in [-0.2, 0) is 16.2 Å². The lowest BCUT2D eigenvalue weighted by atomic mass is 9.66. The molecule has 7 aromatic carbocycles. The smallest absolute Gasteiger partial charge is 0.0165 e. The fraction of sp³-hybridized carbons (Fsp3) is 0.209. The van der Waals surface area contributed by atoms with Gasteiger partial charge in [0, 0.05) is 16.2 Å². The van der Waals surface area contributed by atoms with Crippen molar-refractivity contribution in [3.05, 3.63) is 130 Å². The molecule has 3 aliphatic carbocycles. The summed E-state index contributed by atoms with van der Waals surface area (Å²) in [5.41, 5.74) is 16.9. The Kier molecular flexibility index (Phi) is 4.03. The number of benzene rings is 7. The van der Waals surface area contributed by atoms with Crippen LogP contribution in [0.3, 0.4) is 0 Å². The third-order valence-electron chi connectivity index (χ3n) is 11.7. The van der Waals surface area contributed by atoms with Gasteiger partial charge in [-0.05, 0) is 111 Å². The Hall–Kier alpha value is -4.42. The van der Waals surface area contributed by atoms with Gasteiger partial charge in [-0.1, -0.05) is 126 Å². The molecule has 0 N–H and O–H groups in total. The minimum atomic E-state index is -0.102. The van der Waals surface area contributed by atoms with Gasteiger partial charge < -0.3 is 0 Å². The molecule has 0 heteroatoms. The van der Waals surface area contributed by atoms with Crippen LogP contribution in [0.5, 0.6) is 0 Å². The van der Waals surface area contributed by atoms with Gasteiger partial charge in [-0.3, -0.25) is 0 Å². The van der Waals surface area contributed by atoms with Crippen molar-refractivity contribution in [1.29, 1.82) is 0 Å². The summed E-state index contributed by atoms with van der Waals surface area (Å²) in [7, 11) is 0. The highest BCUT2D eigenvalue weighted by Crippen LogP contribution is 2.63. The van der Waals surface area contributed by atoms with Gasteiger partial charge in [0.1, 0.15) is 0 Å². The van der Waals surface area contributed by atoms with Gasteiger partial charge in [0.05, 0.1) is 0 Å². The fourth-order valence-electron chi connectivity index (χ4n) is 9.86. The normalized spacial score (nSPS) is 17.6. The first-order valence-corrected chi connectivity index (χ1v) is 15.8. The molecular weight excluding hydrogens is 516 g/mol. The van der Waals surface area contributed by atoms with Crippen LogP contribution in [0.4, 0.5) is 0 Å². The SMILES string of the molecule is CC1(C)c2ccccc2-c2c1c1ccc3c4c(cc5cc6c(c2c5c14)C(C)(C)c1ccccc1-6)C(C)(C)c1ccccc1-3. The summed E-state index contributed by atoms with van der Waals surface area (Å²) in [6.07, 6.45) is 0. The molecule has 206 valence electrons. The molecule has 0 heterocycles. The zero-order valence-corrected chi connectivity index (χ0v) is 25.7. The summed E-state index contributed by atoms with van der Waals surface area (Å²) in [5, 5.41) is 8.67. The molecule has 0 atom stereocenters. The highest BCUT2D eigenvalue weighted by Gasteiger charge is 2.45. The van der Waals surface area contributed by atoms with Gasteiger partial charge in [0.2, 0.25) is 0 Å². The van der Waals surface area contributed by atoms with Crippen LogP contribution in [0.25, 0.3) is 65.7 Å². The van der Waals surface area contributed by atoms with Crippen molar-refractivity contribution in [2.45, 2.75) is 57.8 Å². The Bertz CT molecular complexity index is 2410. The Balaban J connectivity index is 1.55. The first kappa shape index (κ1) is 24.1. The molecule has 0 fully saturated rings. The minimum Gasteiger partial charge on any atom is -0.0619 e. The monoisotopic (exact) mass is 550 g/mol. The van der Waals surface area contributed by atoms with E-state index in [-0.39, 0.29) is 16.2 Å². The van der Waals surface area contributed by atoms with E-state index in [1.165, 1.54) is 99.1 Å². The maximum Gasteiger partial charge on any atom is 0.0165 e. The third-order valence-corrected chi connectivity index (χ3v) is 11.7. The van der Waals surface area contributed by atoms with Gasteiger partial charge in [0.25, 0.3) is 0 Å². The van der Waals surface area contributed by atoms with E-state index in [2.05, 4.69) is 139 Å². The largest absolute Gasteiger partial charge is 0.0619 e. The third kappa shape index (κ3) is 2.51. The fourth-order valence-corrected chi connectivity index (χ4v) is 9.86. The van der Waals surface area contributed by atoms with Crippen molar-refractivity contribution in [2.75, 3.05) is 0 Å². The van der Waals surface area contributed by atoms with Gasteiger partial charge in [-0.2, -0.15) is 0 Å². The molecule has 10 rings (SSSR count). The van der Waals surface area contributed by atoms with Crippen LogP contribution in [0.2, 0.25) is 0 Å². The quantitative estimate of drug-likeness (QED) is 0.165. The van der Waals surface area contributed by atoms with Crippen LogP contribution in [0, 0.1) is 0 Å². The number of fused-ring (bicyclic) bond motifs is 11. The van der Waals surface area contributed by atoms with Gasteiger partial charge in [0.15, 0.2) is 0 Å². The minimum absolute atomic E-state index is 0.0989. The van der Waals surface area contributed by atoms with E-state index in [1.807, 2.05) is 0 Å². The van der Waals surface area contributed by atoms with Crippen molar-refractivity contribution in [1.82, 2.24) is 0 Å². The number of hydrogen-bond donors (Lipinski definition) is 0. The summed E-state index contributed by atoms with van der Waals surface area (Å²) in [4.78, 5) is 0. The Morgan fingerprint density at radius 1 is 0.372 bits per heavy atom. The Labute approximate surface area is 253 Å². The van der Waals surface area contributed by atoms with Gasteiger partial charge in [-0.15, -0.1) is 0 Å². The van der Waals surface area contributed by atoms with Crippen LogP contribution in [0.15, 0.2) is 97.1 Å². The zero-order valence-electron chi connectivity index (χ0n) is 25.7. The molecule has 0 radical (unpaired) electrons. The lowest BCUT2D eigenvalue weighted by molar-refractivity contribution is 0.646. The van der Waals surface area contributed by atoms with Crippen molar-refractivity contribution in [2.24, 2.45) is 0 Å². The molecule has 0 nitrogen and oxygen atoms in total. The van der Waals surface area contributed by atoms with E-state index in [0.29, 0.717) is 0 Å².